The highest BCUT2D eigenvalue weighted by molar-refractivity contribution is 5.56. The van der Waals surface area contributed by atoms with Crippen LogP contribution in [0, 0.1) is 0 Å². The molecule has 24 N–H and O–H groups in total. The average molecular weight is 1680 g/mol. The van der Waals surface area contributed by atoms with Gasteiger partial charge in [0.05, 0.1) is 289 Å². The maximum absolute atomic E-state index is 5.94. The second kappa shape index (κ2) is 56.3. The third-order valence-electron chi connectivity index (χ3n) is 24.0. The van der Waals surface area contributed by atoms with Crippen LogP contribution in [0.2, 0.25) is 0 Å². The van der Waals surface area contributed by atoms with Gasteiger partial charge in [-0.05, 0) is 210 Å². The molecule has 3 aliphatic rings. The van der Waals surface area contributed by atoms with Gasteiger partial charge in [0.2, 0.25) is 6.33 Å². The molecule has 7 aromatic rings. The summed E-state index contributed by atoms with van der Waals surface area (Å²) in [5.41, 5.74) is 83.4. The SMILES string of the molecule is C[N+](C)(C)CCCCCCCc1ncc(N)cc1N.C[N+](C)(C)CCCCCCc1ncc(N)cc1N.C[N+]1(CCCCCCCc2ncc(N)cc2N)CCCC1.C[N+]1(CCCCCCCc2ncc(N)cc2N)CCCCC1.C[N+]1(CCCCCCc2ncc(N)cc2N)CCOCC1.C[n+]1ccn(CCCCCCc2ncc(N)cc2N)c1. The van der Waals surface area contributed by atoms with Crippen LogP contribution in [0.3, 0.4) is 0 Å². The second-order valence-electron chi connectivity index (χ2n) is 38.0. The van der Waals surface area contributed by atoms with E-state index in [0.29, 0.717) is 39.8 Å². The summed E-state index contributed by atoms with van der Waals surface area (Å²) in [6, 6.07) is 10.8. The molecule has 0 unspecified atom stereocenters. The number of nitrogens with two attached hydrogens (primary N) is 12. The first-order chi connectivity index (χ1) is 57.7. The maximum Gasteiger partial charge on any atom is 0.243 e. The number of nitrogen functional groups attached to an aromatic ring is 12. The summed E-state index contributed by atoms with van der Waals surface area (Å²) in [5, 5.41) is 0. The number of unbranched alkanes of at least 4 members (excludes halogenated alkanes) is 21. The number of ether oxygens (including phenoxy) is 1. The Morgan fingerprint density at radius 2 is 0.545 bits per heavy atom. The van der Waals surface area contributed by atoms with Crippen LogP contribution in [0.1, 0.15) is 240 Å². The molecule has 121 heavy (non-hydrogen) atoms. The highest BCUT2D eigenvalue weighted by Crippen LogP contribution is 2.25. The van der Waals surface area contributed by atoms with Crippen LogP contribution in [0.4, 0.5) is 68.2 Å². The fraction of sp³-hybridized carbons (Fsp3) is 0.653. The number of likely N-dealkylation sites (tertiary alicyclic amines) is 2. The molecular weight excluding hydrogens is 1510 g/mol. The van der Waals surface area contributed by atoms with Crippen molar-refractivity contribution in [3.05, 3.63) is 126 Å². The van der Waals surface area contributed by atoms with Gasteiger partial charge in [-0.2, -0.15) is 0 Å². The van der Waals surface area contributed by atoms with Crippen molar-refractivity contribution in [2.24, 2.45) is 7.05 Å². The van der Waals surface area contributed by atoms with Crippen LogP contribution >= 0.6 is 0 Å². The van der Waals surface area contributed by atoms with E-state index in [0.717, 1.165) is 169 Å². The summed E-state index contributed by atoms with van der Waals surface area (Å²) < 4.78 is 15.6. The van der Waals surface area contributed by atoms with Crippen molar-refractivity contribution in [1.82, 2.24) is 34.5 Å². The number of quaternary nitrogens is 5. The topological polar surface area (TPSA) is 408 Å². The van der Waals surface area contributed by atoms with Crippen LogP contribution < -0.4 is 73.4 Å². The number of imidazole rings is 1. The van der Waals surface area contributed by atoms with Crippen LogP contribution in [0.15, 0.2) is 92.3 Å². The van der Waals surface area contributed by atoms with Gasteiger partial charge >= 0.3 is 0 Å². The van der Waals surface area contributed by atoms with Crippen molar-refractivity contribution in [3.63, 3.8) is 0 Å². The Morgan fingerprint density at radius 1 is 0.314 bits per heavy atom. The standard InChI is InChI=1S/C18H33N4.C17H31N4.C16H29N4O.C15H24N5.C15H29N4.C14H27N4/c1-22(12-8-5-9-13-22)11-7-4-2-3-6-10-18-17(20)14-16(19)15-21-18;1-21(11-7-8-12-21)10-6-4-2-3-5-9-17-16(19)13-15(18)14-20-17;1-20(8-10-21-11-9-20)7-5-3-2-4-6-16-15(18)12-14(17)13-19-16;1-19-8-9-20(12-19)7-5-3-2-4-6-15-14(17)10-13(16)11-18-15;1-19(2,3)10-8-6-4-5-7-9-15-14(17)11-13(16)12-18-15;1-18(2,3)9-7-5-4-6-8-14-13(16)10-12(15)11-17-14/h14-15H,2-13,19-20H2,1H3;13-14H,2-12,18-19H2,1H3;12-13H,2-11,17-18H2,1H3;8-12H,2-7,16-17H2,1H3;11-12H,4-10,16-17H2,1-3H3;10-11H,4-9,15-16H2,1-3H3/q6*+1. The van der Waals surface area contributed by atoms with Crippen molar-refractivity contribution >= 4 is 68.2 Å². The number of pyridine rings is 6. The fourth-order valence-corrected chi connectivity index (χ4v) is 16.2. The number of hydrogen-bond donors (Lipinski definition) is 12. The van der Waals surface area contributed by atoms with E-state index < -0.39 is 0 Å². The van der Waals surface area contributed by atoms with Gasteiger partial charge in [0.25, 0.3) is 0 Å². The summed E-state index contributed by atoms with van der Waals surface area (Å²) in [4.78, 5) is 25.8. The Morgan fingerprint density at radius 3 is 0.793 bits per heavy atom. The molecule has 3 fully saturated rings. The molecule has 0 radical (unpaired) electrons. The van der Waals surface area contributed by atoms with E-state index in [2.05, 4.69) is 121 Å². The van der Waals surface area contributed by atoms with Crippen LogP contribution in [-0.2, 0) is 56.9 Å². The molecule has 26 nitrogen and oxygen atoms in total. The summed E-state index contributed by atoms with van der Waals surface area (Å²) >= 11 is 0. The number of anilines is 12. The van der Waals surface area contributed by atoms with Gasteiger partial charge in [-0.3, -0.25) is 29.9 Å². The summed E-state index contributed by atoms with van der Waals surface area (Å²) in [6.45, 7) is 17.3. The number of aromatic nitrogens is 8. The first-order valence-electron chi connectivity index (χ1n) is 46.4. The van der Waals surface area contributed by atoms with Gasteiger partial charge in [0.15, 0.2) is 0 Å². The highest BCUT2D eigenvalue weighted by Gasteiger charge is 2.27. The van der Waals surface area contributed by atoms with Crippen LogP contribution in [0.5, 0.6) is 0 Å². The minimum absolute atomic E-state index is 0.631. The lowest BCUT2D eigenvalue weighted by atomic mass is 10.1. The van der Waals surface area contributed by atoms with Gasteiger partial charge in [0.1, 0.15) is 25.5 Å². The van der Waals surface area contributed by atoms with E-state index in [1.807, 2.05) is 19.2 Å². The number of nitrogens with zero attached hydrogens (tertiary/aromatic N) is 13. The number of hydrogen-bond acceptors (Lipinski definition) is 19. The van der Waals surface area contributed by atoms with Gasteiger partial charge in [-0.25, -0.2) is 9.13 Å². The molecule has 3 aliphatic heterocycles. The molecule has 0 saturated carbocycles. The van der Waals surface area contributed by atoms with E-state index in [-0.39, 0.29) is 0 Å². The number of morpholine rings is 1. The molecule has 0 atom stereocenters. The molecule has 10 heterocycles. The Balaban J connectivity index is 0.000000259. The number of piperidine rings is 1. The van der Waals surface area contributed by atoms with Crippen LogP contribution in [-0.4, -0.2) is 206 Å². The normalized spacial score (nSPS) is 14.6. The Bertz CT molecular complexity index is 3930. The zero-order valence-corrected chi connectivity index (χ0v) is 77.6. The van der Waals surface area contributed by atoms with Crippen molar-refractivity contribution in [2.75, 3.05) is 217 Å². The lowest BCUT2D eigenvalue weighted by Gasteiger charge is -2.37. The molecule has 678 valence electrons. The van der Waals surface area contributed by atoms with E-state index in [1.54, 1.807) is 61.4 Å². The van der Waals surface area contributed by atoms with E-state index in [9.17, 15) is 0 Å². The first-order valence-corrected chi connectivity index (χ1v) is 46.4. The monoisotopic (exact) mass is 1680 g/mol. The van der Waals surface area contributed by atoms with E-state index in [1.165, 1.54) is 252 Å². The number of likely N-dealkylation sites (N-methyl/N-ethyl adjacent to an activating group) is 1. The largest absolute Gasteiger partial charge is 0.397 e. The lowest BCUT2D eigenvalue weighted by Crippen LogP contribution is -2.52. The lowest BCUT2D eigenvalue weighted by molar-refractivity contribution is -0.917. The molecule has 26 heteroatoms. The van der Waals surface area contributed by atoms with E-state index >= 15 is 0 Å². The quantitative estimate of drug-likeness (QED) is 0.00958. The Labute approximate surface area is 732 Å². The molecule has 0 aliphatic carbocycles. The summed E-state index contributed by atoms with van der Waals surface area (Å²) in [5.74, 6) is 0. The first kappa shape index (κ1) is 103. The predicted molar refractivity (Wildman–Crippen MR) is 513 cm³/mol. The second-order valence-corrected chi connectivity index (χ2v) is 38.0. The fourth-order valence-electron chi connectivity index (χ4n) is 16.2. The zero-order valence-electron chi connectivity index (χ0n) is 77.6. The zero-order chi connectivity index (χ0) is 88.4. The molecule has 3 saturated heterocycles. The van der Waals surface area contributed by atoms with Crippen molar-refractivity contribution in [3.8, 4) is 0 Å². The third-order valence-corrected chi connectivity index (χ3v) is 24.0. The summed E-state index contributed by atoms with van der Waals surface area (Å²) in [6.07, 6.45) is 63.4. The number of aryl methyl sites for hydroxylation is 8. The third kappa shape index (κ3) is 46.5. The predicted octanol–water partition coefficient (Wildman–Crippen LogP) is 14.3. The Hall–Kier alpha value is -8.53. The molecule has 10 rings (SSSR count). The van der Waals surface area contributed by atoms with Crippen molar-refractivity contribution in [1.29, 1.82) is 0 Å². The van der Waals surface area contributed by atoms with Crippen molar-refractivity contribution in [2.45, 2.75) is 251 Å². The smallest absolute Gasteiger partial charge is 0.243 e. The maximum atomic E-state index is 5.94. The minimum Gasteiger partial charge on any atom is -0.397 e. The van der Waals surface area contributed by atoms with E-state index in [4.69, 9.17) is 73.5 Å². The van der Waals surface area contributed by atoms with Crippen molar-refractivity contribution < 1.29 is 31.7 Å². The van der Waals surface area contributed by atoms with Gasteiger partial charge < -0.3 is 96.0 Å². The van der Waals surface area contributed by atoms with Gasteiger partial charge in [-0.1, -0.05) is 57.8 Å². The molecule has 0 spiro atoms. The highest BCUT2D eigenvalue weighted by atomic mass is 16.5. The van der Waals surface area contributed by atoms with Gasteiger partial charge in [-0.15, -0.1) is 0 Å². The molecular formula is C95H173N25O+6. The molecule has 0 amide bonds. The molecule has 0 bridgehead atoms. The Kier molecular flexibility index (Phi) is 47.9. The minimum atomic E-state index is 0.631. The van der Waals surface area contributed by atoms with Crippen LogP contribution in [0.25, 0.3) is 0 Å². The summed E-state index contributed by atoms with van der Waals surface area (Å²) in [7, 11) is 22.7. The molecule has 7 aromatic heterocycles. The molecule has 0 aromatic carbocycles. The average Bonchev–Trinajstić information content (AvgIpc) is 1.81. The number of rotatable bonds is 45. The van der Waals surface area contributed by atoms with Gasteiger partial charge in [0, 0.05) is 12.8 Å².